The van der Waals surface area contributed by atoms with E-state index < -0.39 is 0 Å². The highest BCUT2D eigenvalue weighted by Gasteiger charge is 2.35. The minimum atomic E-state index is -0.179. The van der Waals surface area contributed by atoms with Crippen molar-refractivity contribution in [3.63, 3.8) is 0 Å². The van der Waals surface area contributed by atoms with Crippen LogP contribution >= 0.6 is 0 Å². The number of pyridine rings is 4. The topological polar surface area (TPSA) is 100 Å². The summed E-state index contributed by atoms with van der Waals surface area (Å²) in [4.78, 5) is 34.5. The summed E-state index contributed by atoms with van der Waals surface area (Å²) in [5, 5.41) is 3.88. The molecule has 1 aliphatic carbocycles. The molecule has 0 amide bonds. The summed E-state index contributed by atoms with van der Waals surface area (Å²) in [5.41, 5.74) is 8.62. The number of fused-ring (bicyclic) bond motifs is 9. The summed E-state index contributed by atoms with van der Waals surface area (Å²) in [5.74, 6) is 1.35. The maximum Gasteiger partial charge on any atom is 0.242 e. The van der Waals surface area contributed by atoms with Gasteiger partial charge in [-0.1, -0.05) is 50.2 Å². The molecule has 0 aliphatic heterocycles. The second-order valence-electron chi connectivity index (χ2n) is 12.4. The molecule has 10 rings (SSSR count). The summed E-state index contributed by atoms with van der Waals surface area (Å²) in [6, 6.07) is 31.1. The lowest BCUT2D eigenvalue weighted by Crippen LogP contribution is -2.15. The highest BCUT2D eigenvalue weighted by atomic mass is 15.3. The number of aromatic nitrogens is 9. The number of rotatable bonds is 3. The molecule has 7 heterocycles. The van der Waals surface area contributed by atoms with Crippen LogP contribution in [0.3, 0.4) is 0 Å². The van der Waals surface area contributed by atoms with Crippen molar-refractivity contribution in [3.8, 4) is 34.4 Å². The first-order valence-corrected chi connectivity index (χ1v) is 15.5. The Morgan fingerprint density at radius 3 is 1.45 bits per heavy atom. The third kappa shape index (κ3) is 3.56. The predicted molar refractivity (Wildman–Crippen MR) is 183 cm³/mol. The third-order valence-corrected chi connectivity index (χ3v) is 9.43. The Bertz CT molecular complexity index is 2500. The van der Waals surface area contributed by atoms with Crippen molar-refractivity contribution in [3.05, 3.63) is 127 Å². The van der Waals surface area contributed by atoms with Crippen molar-refractivity contribution in [2.45, 2.75) is 19.3 Å². The van der Waals surface area contributed by atoms with Gasteiger partial charge >= 0.3 is 0 Å². The Morgan fingerprint density at radius 2 is 0.936 bits per heavy atom. The molecular formula is C38H25N9. The van der Waals surface area contributed by atoms with Crippen LogP contribution in [0.4, 0.5) is 0 Å². The van der Waals surface area contributed by atoms with E-state index in [2.05, 4.69) is 56.3 Å². The van der Waals surface area contributed by atoms with Crippen LogP contribution < -0.4 is 0 Å². The van der Waals surface area contributed by atoms with Crippen LogP contribution in [0.15, 0.2) is 116 Å². The normalized spacial score (nSPS) is 13.5. The van der Waals surface area contributed by atoms with Gasteiger partial charge < -0.3 is 0 Å². The lowest BCUT2D eigenvalue weighted by atomic mass is 9.82. The molecule has 0 atom stereocenters. The molecule has 0 radical (unpaired) electrons. The van der Waals surface area contributed by atoms with Crippen molar-refractivity contribution in [1.29, 1.82) is 0 Å². The molecule has 9 nitrogen and oxygen atoms in total. The number of nitrogens with zero attached hydrogens (tertiary/aromatic N) is 9. The largest absolute Gasteiger partial charge is 0.245 e. The Kier molecular flexibility index (Phi) is 5.15. The van der Waals surface area contributed by atoms with Gasteiger partial charge in [0, 0.05) is 57.3 Å². The summed E-state index contributed by atoms with van der Waals surface area (Å²) >= 11 is 0. The zero-order valence-corrected chi connectivity index (χ0v) is 25.5. The fraction of sp³-hybridized carbons (Fsp3) is 0.0789. The van der Waals surface area contributed by atoms with E-state index >= 15 is 0 Å². The van der Waals surface area contributed by atoms with E-state index in [1.807, 2.05) is 57.7 Å². The predicted octanol–water partition coefficient (Wildman–Crippen LogP) is 7.62. The first-order chi connectivity index (χ1) is 23.1. The Labute approximate surface area is 268 Å². The van der Waals surface area contributed by atoms with Gasteiger partial charge in [0.05, 0.1) is 0 Å². The maximum atomic E-state index is 5.15. The molecule has 0 saturated heterocycles. The zero-order valence-electron chi connectivity index (χ0n) is 25.5. The second kappa shape index (κ2) is 9.34. The van der Waals surface area contributed by atoms with E-state index in [0.717, 1.165) is 27.1 Å². The number of hydrogen-bond donors (Lipinski definition) is 0. The molecule has 0 bridgehead atoms. The molecule has 7 aromatic heterocycles. The fourth-order valence-corrected chi connectivity index (χ4v) is 7.25. The van der Waals surface area contributed by atoms with E-state index in [1.165, 1.54) is 22.3 Å². The van der Waals surface area contributed by atoms with Crippen LogP contribution in [0.25, 0.3) is 78.5 Å². The number of benzene rings is 2. The van der Waals surface area contributed by atoms with Crippen molar-refractivity contribution in [2.24, 2.45) is 0 Å². The average molecular weight is 608 g/mol. The summed E-state index contributed by atoms with van der Waals surface area (Å²) < 4.78 is 3.84. The SMILES string of the molecule is CC1(C)c2ccccc2-c2ccc(-c3nc(-n4c5ncccc5c5cccnc54)nc(-n4c5ncccc5c5cccnc54)n3)cc21. The molecule has 0 spiro atoms. The number of hydrogen-bond acceptors (Lipinski definition) is 7. The Balaban J connectivity index is 1.29. The van der Waals surface area contributed by atoms with Gasteiger partial charge in [0.25, 0.3) is 0 Å². The highest BCUT2D eigenvalue weighted by molar-refractivity contribution is 6.07. The summed E-state index contributed by atoms with van der Waals surface area (Å²) in [6.07, 6.45) is 7.12. The molecule has 9 aromatic rings. The van der Waals surface area contributed by atoms with Crippen LogP contribution in [0.1, 0.15) is 25.0 Å². The highest BCUT2D eigenvalue weighted by Crippen LogP contribution is 2.49. The summed E-state index contributed by atoms with van der Waals surface area (Å²) in [7, 11) is 0. The molecule has 0 unspecified atom stereocenters. The minimum absolute atomic E-state index is 0.179. The van der Waals surface area contributed by atoms with E-state index in [4.69, 9.17) is 34.9 Å². The van der Waals surface area contributed by atoms with E-state index in [1.54, 1.807) is 24.8 Å². The lowest BCUT2D eigenvalue weighted by molar-refractivity contribution is 0.660. The van der Waals surface area contributed by atoms with E-state index in [0.29, 0.717) is 40.3 Å². The maximum absolute atomic E-state index is 5.15. The van der Waals surface area contributed by atoms with Crippen molar-refractivity contribution >= 4 is 44.1 Å². The lowest BCUT2D eigenvalue weighted by Gasteiger charge is -2.21. The molecule has 222 valence electrons. The van der Waals surface area contributed by atoms with Gasteiger partial charge in [-0.05, 0) is 76.9 Å². The quantitative estimate of drug-likeness (QED) is 0.204. The molecule has 0 saturated carbocycles. The van der Waals surface area contributed by atoms with Gasteiger partial charge in [-0.15, -0.1) is 0 Å². The minimum Gasteiger partial charge on any atom is -0.245 e. The molecule has 2 aromatic carbocycles. The van der Waals surface area contributed by atoms with Gasteiger partial charge in [0.15, 0.2) is 5.82 Å². The average Bonchev–Trinajstić information content (AvgIpc) is 3.72. The Hall–Kier alpha value is -6.35. The smallest absolute Gasteiger partial charge is 0.242 e. The standard InChI is InChI=1S/C38H25N9/c1-38(2)29-14-4-3-9-23(29)24-16-15-22(21-30(24)38)31-43-36(46-32-25(10-5-17-39-32)26-11-6-18-40-33(26)46)45-37(44-31)47-34-27(12-7-19-41-34)28-13-8-20-42-35(28)47/h3-21H,1-2H3. The van der Waals surface area contributed by atoms with Gasteiger partial charge in [0.2, 0.25) is 11.9 Å². The van der Waals surface area contributed by atoms with E-state index in [9.17, 15) is 0 Å². The van der Waals surface area contributed by atoms with Gasteiger partial charge in [-0.2, -0.15) is 15.0 Å². The van der Waals surface area contributed by atoms with Crippen LogP contribution in [-0.2, 0) is 5.41 Å². The first-order valence-electron chi connectivity index (χ1n) is 15.5. The summed E-state index contributed by atoms with van der Waals surface area (Å²) in [6.45, 7) is 4.55. The third-order valence-electron chi connectivity index (χ3n) is 9.43. The van der Waals surface area contributed by atoms with Crippen molar-refractivity contribution < 1.29 is 0 Å². The molecule has 9 heteroatoms. The Morgan fingerprint density at radius 1 is 0.468 bits per heavy atom. The molecule has 1 aliphatic rings. The molecule has 47 heavy (non-hydrogen) atoms. The van der Waals surface area contributed by atoms with Crippen LogP contribution in [0.5, 0.6) is 0 Å². The van der Waals surface area contributed by atoms with Crippen LogP contribution in [0.2, 0.25) is 0 Å². The van der Waals surface area contributed by atoms with Crippen LogP contribution in [-0.4, -0.2) is 44.0 Å². The van der Waals surface area contributed by atoms with Gasteiger partial charge in [-0.3, -0.25) is 0 Å². The van der Waals surface area contributed by atoms with Gasteiger partial charge in [0.1, 0.15) is 22.6 Å². The van der Waals surface area contributed by atoms with Crippen molar-refractivity contribution in [2.75, 3.05) is 0 Å². The molecule has 0 fully saturated rings. The molecule has 0 N–H and O–H groups in total. The first kappa shape index (κ1) is 25.9. The van der Waals surface area contributed by atoms with Gasteiger partial charge in [-0.25, -0.2) is 29.1 Å². The zero-order chi connectivity index (χ0) is 31.3. The monoisotopic (exact) mass is 607 g/mol. The second-order valence-corrected chi connectivity index (χ2v) is 12.4. The van der Waals surface area contributed by atoms with Crippen molar-refractivity contribution in [1.82, 2.24) is 44.0 Å². The van der Waals surface area contributed by atoms with Crippen LogP contribution in [0, 0.1) is 0 Å². The molecular weight excluding hydrogens is 582 g/mol. The fourth-order valence-electron chi connectivity index (χ4n) is 7.25. The van der Waals surface area contributed by atoms with E-state index in [-0.39, 0.29) is 5.41 Å².